The molecule has 2 unspecified atom stereocenters. The Morgan fingerprint density at radius 1 is 1.22 bits per heavy atom. The summed E-state index contributed by atoms with van der Waals surface area (Å²) in [5.74, 6) is 0. The van der Waals surface area contributed by atoms with Gasteiger partial charge < -0.3 is 9.80 Å². The Kier molecular flexibility index (Phi) is 3.82. The highest BCUT2D eigenvalue weighted by atomic mass is 15.4. The molecule has 0 aromatic heterocycles. The number of allylic oxidation sites excluding steroid dienone is 1. The fourth-order valence-electron chi connectivity index (χ4n) is 4.72. The van der Waals surface area contributed by atoms with Crippen LogP contribution in [-0.4, -0.2) is 17.1 Å². The van der Waals surface area contributed by atoms with E-state index < -0.39 is 0 Å². The van der Waals surface area contributed by atoms with Gasteiger partial charge in [-0.25, -0.2) is 0 Å². The minimum Gasteiger partial charge on any atom is -0.353 e. The molecule has 2 aliphatic rings. The first kappa shape index (κ1) is 16.2. The Bertz CT molecular complexity index is 632. The van der Waals surface area contributed by atoms with Gasteiger partial charge in [0.05, 0.1) is 0 Å². The zero-order chi connectivity index (χ0) is 16.8. The van der Waals surface area contributed by atoms with Gasteiger partial charge >= 0.3 is 0 Å². The average Bonchev–Trinajstić information content (AvgIpc) is 2.99. The third kappa shape index (κ3) is 2.00. The SMILES string of the molecule is C=CC1(C)c2ccccc2N2C=CN(C(C)C)C2[C@]1(C)CCC. The average molecular weight is 310 g/mol. The normalized spacial score (nSPS) is 32.2. The summed E-state index contributed by atoms with van der Waals surface area (Å²) in [6.45, 7) is 16.0. The zero-order valence-corrected chi connectivity index (χ0v) is 15.2. The van der Waals surface area contributed by atoms with Crippen LogP contribution in [0.1, 0.15) is 53.0 Å². The van der Waals surface area contributed by atoms with E-state index in [1.807, 2.05) is 0 Å². The zero-order valence-electron chi connectivity index (χ0n) is 15.2. The third-order valence-electron chi connectivity index (χ3n) is 6.22. The van der Waals surface area contributed by atoms with E-state index >= 15 is 0 Å². The lowest BCUT2D eigenvalue weighted by molar-refractivity contribution is 0.0383. The number of benzene rings is 1. The van der Waals surface area contributed by atoms with Gasteiger partial charge in [0.25, 0.3) is 0 Å². The van der Waals surface area contributed by atoms with Gasteiger partial charge in [0.2, 0.25) is 0 Å². The van der Waals surface area contributed by atoms with Crippen LogP contribution in [0, 0.1) is 5.41 Å². The summed E-state index contributed by atoms with van der Waals surface area (Å²) in [4.78, 5) is 5.00. The summed E-state index contributed by atoms with van der Waals surface area (Å²) in [7, 11) is 0. The maximum atomic E-state index is 4.26. The fraction of sp³-hybridized carbons (Fsp3) is 0.524. The first-order valence-corrected chi connectivity index (χ1v) is 8.88. The van der Waals surface area contributed by atoms with E-state index in [0.29, 0.717) is 12.2 Å². The number of rotatable bonds is 4. The van der Waals surface area contributed by atoms with Crippen LogP contribution in [0.3, 0.4) is 0 Å². The predicted octanol–water partition coefficient (Wildman–Crippen LogP) is 5.28. The molecule has 2 heteroatoms. The van der Waals surface area contributed by atoms with Crippen LogP contribution in [0.15, 0.2) is 49.3 Å². The van der Waals surface area contributed by atoms with Crippen LogP contribution in [0.25, 0.3) is 0 Å². The summed E-state index contributed by atoms with van der Waals surface area (Å²) in [5, 5.41) is 0. The van der Waals surface area contributed by atoms with E-state index in [-0.39, 0.29) is 10.8 Å². The van der Waals surface area contributed by atoms with E-state index in [4.69, 9.17) is 0 Å². The minimum absolute atomic E-state index is 0.0417. The van der Waals surface area contributed by atoms with Gasteiger partial charge in [-0.3, -0.25) is 0 Å². The molecule has 0 saturated heterocycles. The van der Waals surface area contributed by atoms with Gasteiger partial charge in [-0.05, 0) is 31.9 Å². The van der Waals surface area contributed by atoms with Crippen molar-refractivity contribution in [3.8, 4) is 0 Å². The molecule has 0 radical (unpaired) electrons. The smallest absolute Gasteiger partial charge is 0.112 e. The van der Waals surface area contributed by atoms with Gasteiger partial charge in [0.1, 0.15) is 6.17 Å². The second-order valence-electron chi connectivity index (χ2n) is 7.71. The Labute approximate surface area is 141 Å². The molecule has 0 bridgehead atoms. The van der Waals surface area contributed by atoms with Crippen molar-refractivity contribution in [2.24, 2.45) is 5.41 Å². The number of nitrogens with zero attached hydrogens (tertiary/aromatic N) is 2. The van der Waals surface area contributed by atoms with Crippen LogP contribution >= 0.6 is 0 Å². The Morgan fingerprint density at radius 3 is 2.52 bits per heavy atom. The molecule has 124 valence electrons. The van der Waals surface area contributed by atoms with Crippen LogP contribution in [0.5, 0.6) is 0 Å². The molecular formula is C21H30N2. The molecule has 0 amide bonds. The molecule has 0 spiro atoms. The fourth-order valence-corrected chi connectivity index (χ4v) is 4.72. The van der Waals surface area contributed by atoms with Gasteiger partial charge in [-0.1, -0.05) is 51.5 Å². The van der Waals surface area contributed by atoms with Crippen LogP contribution in [0.4, 0.5) is 5.69 Å². The number of fused-ring (bicyclic) bond motifs is 3. The van der Waals surface area contributed by atoms with Crippen molar-refractivity contribution in [2.75, 3.05) is 4.90 Å². The molecule has 2 aliphatic heterocycles. The molecule has 0 aliphatic carbocycles. The summed E-state index contributed by atoms with van der Waals surface area (Å²) in [6, 6.07) is 9.33. The van der Waals surface area contributed by atoms with E-state index in [2.05, 4.69) is 93.7 Å². The Hall–Kier alpha value is -1.70. The largest absolute Gasteiger partial charge is 0.353 e. The maximum Gasteiger partial charge on any atom is 0.112 e. The third-order valence-corrected chi connectivity index (χ3v) is 6.22. The number of hydrogen-bond donors (Lipinski definition) is 0. The number of hydrogen-bond acceptors (Lipinski definition) is 2. The van der Waals surface area contributed by atoms with Crippen molar-refractivity contribution in [3.05, 3.63) is 54.9 Å². The lowest BCUT2D eigenvalue weighted by Gasteiger charge is -2.59. The highest BCUT2D eigenvalue weighted by Gasteiger charge is 2.57. The summed E-state index contributed by atoms with van der Waals surface area (Å²) >= 11 is 0. The van der Waals surface area contributed by atoms with Crippen LogP contribution in [0.2, 0.25) is 0 Å². The quantitative estimate of drug-likeness (QED) is 0.698. The molecule has 0 saturated carbocycles. The minimum atomic E-state index is -0.0417. The molecule has 2 nitrogen and oxygen atoms in total. The van der Waals surface area contributed by atoms with Crippen LogP contribution in [-0.2, 0) is 5.41 Å². The van der Waals surface area contributed by atoms with Crippen LogP contribution < -0.4 is 4.90 Å². The molecular weight excluding hydrogens is 280 g/mol. The van der Waals surface area contributed by atoms with Crippen molar-refractivity contribution < 1.29 is 0 Å². The molecule has 0 N–H and O–H groups in total. The molecule has 1 aromatic rings. The molecule has 23 heavy (non-hydrogen) atoms. The number of anilines is 1. The molecule has 1 aromatic carbocycles. The van der Waals surface area contributed by atoms with E-state index in [1.165, 1.54) is 24.1 Å². The van der Waals surface area contributed by atoms with E-state index in [9.17, 15) is 0 Å². The summed E-state index contributed by atoms with van der Waals surface area (Å²) in [6.07, 6.45) is 9.43. The van der Waals surface area contributed by atoms with Gasteiger partial charge in [-0.15, -0.1) is 6.58 Å². The second kappa shape index (κ2) is 5.43. The van der Waals surface area contributed by atoms with E-state index in [1.54, 1.807) is 0 Å². The Morgan fingerprint density at radius 2 is 1.91 bits per heavy atom. The van der Waals surface area contributed by atoms with E-state index in [0.717, 1.165) is 0 Å². The number of para-hydroxylation sites is 1. The lowest BCUT2D eigenvalue weighted by atomic mass is 9.55. The molecule has 0 fully saturated rings. The first-order valence-electron chi connectivity index (χ1n) is 8.88. The summed E-state index contributed by atoms with van der Waals surface area (Å²) in [5.41, 5.74) is 2.79. The Balaban J connectivity index is 2.26. The predicted molar refractivity (Wildman–Crippen MR) is 99.4 cm³/mol. The van der Waals surface area contributed by atoms with Crippen molar-refractivity contribution in [3.63, 3.8) is 0 Å². The summed E-state index contributed by atoms with van der Waals surface area (Å²) < 4.78 is 0. The standard InChI is InChI=1S/C21H30N2/c1-7-13-21(6)19-22(16(3)4)14-15-23(19)18-12-10-9-11-17(18)20(21,5)8-2/h8-12,14-16,19H,2,7,13H2,1,3-6H3/t19?,20?,21-/m0/s1. The maximum absolute atomic E-state index is 4.26. The van der Waals surface area contributed by atoms with Gasteiger partial charge in [-0.2, -0.15) is 0 Å². The topological polar surface area (TPSA) is 6.48 Å². The second-order valence-corrected chi connectivity index (χ2v) is 7.71. The highest BCUT2D eigenvalue weighted by molar-refractivity contribution is 5.65. The van der Waals surface area contributed by atoms with Crippen molar-refractivity contribution in [2.45, 2.75) is 65.1 Å². The first-order chi connectivity index (χ1) is 10.9. The van der Waals surface area contributed by atoms with Gasteiger partial charge in [0.15, 0.2) is 0 Å². The van der Waals surface area contributed by atoms with Gasteiger partial charge in [0, 0.05) is 35.0 Å². The molecule has 3 rings (SSSR count). The lowest BCUT2D eigenvalue weighted by Crippen LogP contribution is -2.62. The van der Waals surface area contributed by atoms with Crippen molar-refractivity contribution in [1.29, 1.82) is 0 Å². The van der Waals surface area contributed by atoms with Crippen molar-refractivity contribution >= 4 is 5.69 Å². The van der Waals surface area contributed by atoms with Crippen molar-refractivity contribution in [1.82, 2.24) is 4.90 Å². The highest BCUT2D eigenvalue weighted by Crippen LogP contribution is 2.58. The monoisotopic (exact) mass is 310 g/mol. The molecule has 2 heterocycles. The molecule has 3 atom stereocenters.